The van der Waals surface area contributed by atoms with Gasteiger partial charge in [-0.2, -0.15) is 4.98 Å². The molecule has 0 saturated heterocycles. The second-order valence-corrected chi connectivity index (χ2v) is 4.43. The number of nitrogens with zero attached hydrogens (tertiary/aromatic N) is 2. The molecule has 3 rings (SSSR count). The predicted molar refractivity (Wildman–Crippen MR) is 70.2 cm³/mol. The minimum absolute atomic E-state index is 0.213. The zero-order valence-corrected chi connectivity index (χ0v) is 10.9. The number of para-hydroxylation sites is 2. The lowest BCUT2D eigenvalue weighted by Gasteiger charge is -2.26. The van der Waals surface area contributed by atoms with Gasteiger partial charge in [-0.3, -0.25) is 4.79 Å². The summed E-state index contributed by atoms with van der Waals surface area (Å²) in [4.78, 5) is 16.0. The number of rotatable bonds is 3. The van der Waals surface area contributed by atoms with Crippen molar-refractivity contribution in [1.82, 2.24) is 15.5 Å². The second kappa shape index (κ2) is 5.20. The van der Waals surface area contributed by atoms with Gasteiger partial charge in [0.25, 0.3) is 5.91 Å². The monoisotopic (exact) mass is 274 g/mol. The van der Waals surface area contributed by atoms with E-state index < -0.39 is 6.10 Å². The van der Waals surface area contributed by atoms with Crippen molar-refractivity contribution in [3.8, 4) is 5.75 Å². The number of carbonyl (C=O) groups excluding carboxylic acids is 1. The van der Waals surface area contributed by atoms with Crippen LogP contribution < -0.4 is 15.4 Å². The quantitative estimate of drug-likeness (QED) is 0.863. The third-order valence-electron chi connectivity index (χ3n) is 2.92. The Labute approximate surface area is 115 Å². The first-order valence-corrected chi connectivity index (χ1v) is 6.29. The highest BCUT2D eigenvalue weighted by Gasteiger charge is 2.25. The Kier molecular flexibility index (Phi) is 3.24. The molecule has 0 radical (unpaired) electrons. The molecule has 104 valence electrons. The van der Waals surface area contributed by atoms with E-state index in [1.54, 1.807) is 6.92 Å². The standard InChI is InChI=1S/C13H14N4O3/c1-8-16-12(17-20-8)7-15-13(18)11-6-14-9-4-2-3-5-10(9)19-11/h2-5,11,14H,6-7H2,1H3,(H,15,18). The van der Waals surface area contributed by atoms with Crippen LogP contribution in [0, 0.1) is 6.92 Å². The lowest BCUT2D eigenvalue weighted by molar-refractivity contribution is -0.127. The van der Waals surface area contributed by atoms with Gasteiger partial charge in [0.05, 0.1) is 18.8 Å². The van der Waals surface area contributed by atoms with Gasteiger partial charge in [-0.05, 0) is 12.1 Å². The smallest absolute Gasteiger partial charge is 0.263 e. The molecule has 0 saturated carbocycles. The van der Waals surface area contributed by atoms with Crippen molar-refractivity contribution in [1.29, 1.82) is 0 Å². The van der Waals surface area contributed by atoms with Gasteiger partial charge in [-0.25, -0.2) is 0 Å². The number of ether oxygens (including phenoxy) is 1. The SMILES string of the molecule is Cc1nc(CNC(=O)C2CNc3ccccc3O2)no1. The Hall–Kier alpha value is -2.57. The number of amides is 1. The Bertz CT molecular complexity index is 626. The van der Waals surface area contributed by atoms with Crippen LogP contribution in [0.1, 0.15) is 11.7 Å². The largest absolute Gasteiger partial charge is 0.477 e. The van der Waals surface area contributed by atoms with Crippen LogP contribution in [-0.4, -0.2) is 28.7 Å². The highest BCUT2D eigenvalue weighted by atomic mass is 16.5. The van der Waals surface area contributed by atoms with Crippen molar-refractivity contribution in [2.75, 3.05) is 11.9 Å². The first-order valence-electron chi connectivity index (χ1n) is 6.29. The van der Waals surface area contributed by atoms with Crippen LogP contribution in [0.2, 0.25) is 0 Å². The fourth-order valence-corrected chi connectivity index (χ4v) is 1.95. The van der Waals surface area contributed by atoms with E-state index in [0.29, 0.717) is 24.0 Å². The van der Waals surface area contributed by atoms with E-state index in [9.17, 15) is 4.79 Å². The molecule has 1 aliphatic heterocycles. The van der Waals surface area contributed by atoms with Crippen molar-refractivity contribution < 1.29 is 14.1 Å². The van der Waals surface area contributed by atoms with Gasteiger partial charge in [-0.1, -0.05) is 17.3 Å². The van der Waals surface area contributed by atoms with Crippen LogP contribution in [0.5, 0.6) is 5.75 Å². The summed E-state index contributed by atoms with van der Waals surface area (Å²) in [5, 5.41) is 9.60. The minimum Gasteiger partial charge on any atom is -0.477 e. The number of anilines is 1. The van der Waals surface area contributed by atoms with Gasteiger partial charge in [0.2, 0.25) is 5.89 Å². The average Bonchev–Trinajstić information content (AvgIpc) is 2.90. The molecule has 2 N–H and O–H groups in total. The average molecular weight is 274 g/mol. The first-order chi connectivity index (χ1) is 9.72. The van der Waals surface area contributed by atoms with Gasteiger partial charge in [0.15, 0.2) is 11.9 Å². The highest BCUT2D eigenvalue weighted by molar-refractivity contribution is 5.82. The van der Waals surface area contributed by atoms with Crippen LogP contribution in [0.4, 0.5) is 5.69 Å². The van der Waals surface area contributed by atoms with E-state index in [-0.39, 0.29) is 12.5 Å². The molecule has 1 aliphatic rings. The van der Waals surface area contributed by atoms with Crippen LogP contribution in [0.3, 0.4) is 0 Å². The Morgan fingerprint density at radius 2 is 2.35 bits per heavy atom. The van der Waals surface area contributed by atoms with Gasteiger partial charge >= 0.3 is 0 Å². The molecule has 0 bridgehead atoms. The Morgan fingerprint density at radius 1 is 1.50 bits per heavy atom. The van der Waals surface area contributed by atoms with Crippen LogP contribution >= 0.6 is 0 Å². The number of hydrogen-bond acceptors (Lipinski definition) is 6. The van der Waals surface area contributed by atoms with Gasteiger partial charge in [0.1, 0.15) is 5.75 Å². The van der Waals surface area contributed by atoms with Crippen molar-refractivity contribution in [3.63, 3.8) is 0 Å². The molecule has 1 atom stereocenters. The van der Waals surface area contributed by atoms with Crippen LogP contribution in [0.15, 0.2) is 28.8 Å². The molecule has 2 heterocycles. The Balaban J connectivity index is 1.59. The Morgan fingerprint density at radius 3 is 3.15 bits per heavy atom. The summed E-state index contributed by atoms with van der Waals surface area (Å²) in [6.07, 6.45) is -0.571. The number of hydrogen-bond donors (Lipinski definition) is 2. The van der Waals surface area contributed by atoms with Gasteiger partial charge < -0.3 is 19.9 Å². The summed E-state index contributed by atoms with van der Waals surface area (Å²) in [6, 6.07) is 7.51. The minimum atomic E-state index is -0.571. The molecule has 0 aliphatic carbocycles. The van der Waals surface area contributed by atoms with Gasteiger partial charge in [0, 0.05) is 6.92 Å². The predicted octanol–water partition coefficient (Wildman–Crippen LogP) is 0.867. The maximum absolute atomic E-state index is 12.0. The molecule has 2 aromatic rings. The zero-order valence-electron chi connectivity index (χ0n) is 10.9. The fourth-order valence-electron chi connectivity index (χ4n) is 1.95. The zero-order chi connectivity index (χ0) is 13.9. The molecule has 0 spiro atoms. The fraction of sp³-hybridized carbons (Fsp3) is 0.308. The molecular weight excluding hydrogens is 260 g/mol. The molecule has 1 aromatic carbocycles. The normalized spacial score (nSPS) is 16.8. The first kappa shape index (κ1) is 12.5. The summed E-state index contributed by atoms with van der Waals surface area (Å²) in [7, 11) is 0. The summed E-state index contributed by atoms with van der Waals surface area (Å²) in [6.45, 7) is 2.34. The number of nitrogens with one attached hydrogen (secondary N) is 2. The summed E-state index contributed by atoms with van der Waals surface area (Å²) >= 11 is 0. The number of fused-ring (bicyclic) bond motifs is 1. The van der Waals surface area contributed by atoms with Crippen molar-refractivity contribution in [2.45, 2.75) is 19.6 Å². The van der Waals surface area contributed by atoms with Crippen LogP contribution in [0.25, 0.3) is 0 Å². The van der Waals surface area contributed by atoms with E-state index in [1.807, 2.05) is 24.3 Å². The summed E-state index contributed by atoms with van der Waals surface area (Å²) in [5.74, 6) is 1.38. The maximum Gasteiger partial charge on any atom is 0.263 e. The summed E-state index contributed by atoms with van der Waals surface area (Å²) < 4.78 is 10.5. The van der Waals surface area contributed by atoms with Crippen molar-refractivity contribution in [3.05, 3.63) is 36.0 Å². The molecule has 0 fully saturated rings. The van der Waals surface area contributed by atoms with E-state index >= 15 is 0 Å². The van der Waals surface area contributed by atoms with Crippen molar-refractivity contribution >= 4 is 11.6 Å². The van der Waals surface area contributed by atoms with Crippen LogP contribution in [-0.2, 0) is 11.3 Å². The third kappa shape index (κ3) is 2.56. The lowest BCUT2D eigenvalue weighted by atomic mass is 10.2. The number of benzene rings is 1. The van der Waals surface area contributed by atoms with E-state index in [2.05, 4.69) is 20.8 Å². The molecule has 1 unspecified atom stereocenters. The molecular formula is C13H14N4O3. The molecule has 7 heteroatoms. The molecule has 7 nitrogen and oxygen atoms in total. The maximum atomic E-state index is 12.0. The molecule has 1 amide bonds. The van der Waals surface area contributed by atoms with E-state index in [4.69, 9.17) is 9.26 Å². The number of carbonyl (C=O) groups is 1. The lowest BCUT2D eigenvalue weighted by Crippen LogP contribution is -2.44. The summed E-state index contributed by atoms with van der Waals surface area (Å²) in [5.41, 5.74) is 0.894. The number of aromatic nitrogens is 2. The van der Waals surface area contributed by atoms with E-state index in [0.717, 1.165) is 5.69 Å². The highest BCUT2D eigenvalue weighted by Crippen LogP contribution is 2.28. The van der Waals surface area contributed by atoms with E-state index in [1.165, 1.54) is 0 Å². The number of aryl methyl sites for hydroxylation is 1. The third-order valence-corrected chi connectivity index (χ3v) is 2.92. The topological polar surface area (TPSA) is 89.3 Å². The molecule has 1 aromatic heterocycles. The second-order valence-electron chi connectivity index (χ2n) is 4.43. The van der Waals surface area contributed by atoms with Crippen molar-refractivity contribution in [2.24, 2.45) is 0 Å². The van der Waals surface area contributed by atoms with Gasteiger partial charge in [-0.15, -0.1) is 0 Å². The molecule has 20 heavy (non-hydrogen) atoms.